The summed E-state index contributed by atoms with van der Waals surface area (Å²) in [5.41, 5.74) is -1.53. The van der Waals surface area contributed by atoms with Gasteiger partial charge in [-0.3, -0.25) is 9.59 Å². The molecule has 0 fully saturated rings. The van der Waals surface area contributed by atoms with Crippen molar-refractivity contribution in [2.24, 2.45) is 23.7 Å². The van der Waals surface area contributed by atoms with E-state index in [0.29, 0.717) is 25.2 Å². The van der Waals surface area contributed by atoms with Crippen LogP contribution >= 0.6 is 0 Å². The number of terminal acetylenes is 1. The van der Waals surface area contributed by atoms with Gasteiger partial charge < -0.3 is 39.6 Å². The van der Waals surface area contributed by atoms with Crippen LogP contribution in [0, 0.1) is 36.0 Å². The average molecular weight is 808 g/mol. The lowest BCUT2D eigenvalue weighted by atomic mass is 9.81. The van der Waals surface area contributed by atoms with Gasteiger partial charge in [0.25, 0.3) is 0 Å². The van der Waals surface area contributed by atoms with Crippen LogP contribution in [0.15, 0.2) is 0 Å². The molecule has 0 heterocycles. The fourth-order valence-corrected chi connectivity index (χ4v) is 5.67. The summed E-state index contributed by atoms with van der Waals surface area (Å²) in [5, 5.41) is 37.1. The molecule has 0 aliphatic heterocycles. The Labute approximate surface area is 348 Å². The van der Waals surface area contributed by atoms with Gasteiger partial charge in [-0.2, -0.15) is 0 Å². The zero-order chi connectivity index (χ0) is 45.9. The van der Waals surface area contributed by atoms with E-state index < -0.39 is 29.5 Å². The highest BCUT2D eigenvalue weighted by Gasteiger charge is 2.39. The number of carbonyl (C=O) groups is 3. The molecule has 7 unspecified atom stereocenters. The van der Waals surface area contributed by atoms with E-state index in [0.717, 1.165) is 38.8 Å². The number of aliphatic hydroxyl groups is 4. The number of carbonyl (C=O) groups excluding carboxylic acids is 3. The Morgan fingerprint density at radius 2 is 1.36 bits per heavy atom. The van der Waals surface area contributed by atoms with E-state index in [-0.39, 0.29) is 36.8 Å². The number of aliphatic hydroxyl groups excluding tert-OH is 3. The molecule has 10 heteroatoms. The Kier molecular flexibility index (Phi) is 60.9. The molecule has 0 aromatic carbocycles. The maximum absolute atomic E-state index is 12.6. The van der Waals surface area contributed by atoms with Crippen molar-refractivity contribution >= 4 is 17.9 Å². The van der Waals surface area contributed by atoms with Gasteiger partial charge in [0.05, 0.1) is 30.8 Å². The minimum atomic E-state index is -1.53. The fourth-order valence-electron chi connectivity index (χ4n) is 5.67. The van der Waals surface area contributed by atoms with E-state index in [1.54, 1.807) is 20.8 Å². The topological polar surface area (TPSA) is 154 Å². The molecule has 10 nitrogen and oxygen atoms in total. The molecule has 4 N–H and O–H groups in total. The third-order valence-electron chi connectivity index (χ3n) is 8.86. The number of ether oxygens (including phenoxy) is 2. The molecule has 0 saturated carbocycles. The molecule has 9 atom stereocenters. The van der Waals surface area contributed by atoms with Gasteiger partial charge in [0, 0.05) is 58.6 Å². The van der Waals surface area contributed by atoms with Crippen LogP contribution in [0.3, 0.4) is 0 Å². The van der Waals surface area contributed by atoms with Crippen molar-refractivity contribution in [1.29, 1.82) is 0 Å². The first-order valence-electron chi connectivity index (χ1n) is 21.6. The molecule has 0 bridgehead atoms. The van der Waals surface area contributed by atoms with Crippen LogP contribution in [0.5, 0.6) is 0 Å². The standard InChI is InChI=1S/C19H34O7.C15H29NO.C5H12.3C2H6.CH4O/c1-12(9-15(26-6)7-8-16(21)13(2)10-20)17(22)14(3)18(23)19(4,24)11-25-5;1-6-8-10-16(5)15(12-14(4)17)11-13(3)9-7-2;1-3-5-4-2;4*1-2/h10,12-15,18,23-24H,7-9,11H2,1-6H3;1,13-15,17H,7-12H2,2-5H3;3-5H2,1-2H3;3*1-2H3;2H,1H3/t12-,13?,14?,15?,18?,19-;;;;;;/m1....../s1. The molecule has 0 aliphatic rings. The number of Topliss-reactive ketones (excluding diaryl/α,β-unsaturated/α-hetero) is 2. The van der Waals surface area contributed by atoms with Crippen molar-refractivity contribution in [3.8, 4) is 12.3 Å². The Balaban J connectivity index is -0.000000137. The molecule has 0 radical (unpaired) electrons. The van der Waals surface area contributed by atoms with E-state index in [9.17, 15) is 29.7 Å². The Morgan fingerprint density at radius 1 is 0.857 bits per heavy atom. The number of aldehydes is 1. The summed E-state index contributed by atoms with van der Waals surface area (Å²) in [6.07, 6.45) is 14.5. The first kappa shape index (κ1) is 68.9. The number of nitrogens with zero attached hydrogens (tertiary/aromatic N) is 1. The van der Waals surface area contributed by atoms with E-state index in [2.05, 4.69) is 45.6 Å². The number of methoxy groups -OCH3 is 2. The summed E-state index contributed by atoms with van der Waals surface area (Å²) in [5.74, 6) is 1.23. The van der Waals surface area contributed by atoms with Gasteiger partial charge in [-0.05, 0) is 59.4 Å². The zero-order valence-electron chi connectivity index (χ0n) is 40.2. The van der Waals surface area contributed by atoms with Gasteiger partial charge in [-0.25, -0.2) is 0 Å². The minimum absolute atomic E-state index is 0.0854. The number of ketones is 2. The lowest BCUT2D eigenvalue weighted by molar-refractivity contribution is -0.147. The first-order chi connectivity index (χ1) is 26.4. The molecule has 0 saturated heterocycles. The third-order valence-corrected chi connectivity index (χ3v) is 8.86. The lowest BCUT2D eigenvalue weighted by Crippen LogP contribution is -2.49. The Morgan fingerprint density at radius 3 is 1.71 bits per heavy atom. The van der Waals surface area contributed by atoms with Crippen LogP contribution in [0.1, 0.15) is 174 Å². The normalized spacial score (nSPS) is 15.3. The maximum atomic E-state index is 12.6. The van der Waals surface area contributed by atoms with Gasteiger partial charge in [-0.1, -0.05) is 115 Å². The fraction of sp³-hybridized carbons (Fsp3) is 0.891. The highest BCUT2D eigenvalue weighted by atomic mass is 16.5. The highest BCUT2D eigenvalue weighted by molar-refractivity contribution is 5.92. The van der Waals surface area contributed by atoms with Crippen LogP contribution in [-0.2, 0) is 23.9 Å². The Hall–Kier alpha value is -1.71. The predicted octanol–water partition coefficient (Wildman–Crippen LogP) is 8.97. The van der Waals surface area contributed by atoms with Crippen molar-refractivity contribution in [3.05, 3.63) is 0 Å². The SMILES string of the molecule is C#CCCN(C)C(CC(C)O)CC(C)CCC.CC.CC.CC.CCCCC.CO.COC[C@@](C)(O)C(O)C(C)C(=O)[C@H](C)CC(CCC(=O)C(C)C=O)OC. The van der Waals surface area contributed by atoms with Gasteiger partial charge in [0.1, 0.15) is 23.5 Å². The molecule has 0 aliphatic carbocycles. The van der Waals surface area contributed by atoms with Crippen molar-refractivity contribution < 1.29 is 44.3 Å². The summed E-state index contributed by atoms with van der Waals surface area (Å²) < 4.78 is 10.2. The quantitative estimate of drug-likeness (QED) is 0.0399. The molecule has 0 amide bonds. The van der Waals surface area contributed by atoms with Crippen molar-refractivity contribution in [3.63, 3.8) is 0 Å². The largest absolute Gasteiger partial charge is 0.400 e. The molecule has 56 heavy (non-hydrogen) atoms. The number of hydrogen-bond acceptors (Lipinski definition) is 10. The third kappa shape index (κ3) is 40.5. The van der Waals surface area contributed by atoms with Crippen molar-refractivity contribution in [2.45, 2.75) is 204 Å². The van der Waals surface area contributed by atoms with Gasteiger partial charge in [-0.15, -0.1) is 12.3 Å². The van der Waals surface area contributed by atoms with E-state index in [1.807, 2.05) is 48.5 Å². The van der Waals surface area contributed by atoms with Crippen LogP contribution in [0.25, 0.3) is 0 Å². The van der Waals surface area contributed by atoms with E-state index in [1.165, 1.54) is 53.2 Å². The lowest BCUT2D eigenvalue weighted by Gasteiger charge is -2.33. The summed E-state index contributed by atoms with van der Waals surface area (Å²) in [6, 6.07) is 0.449. The smallest absolute Gasteiger partial charge is 0.142 e. The maximum Gasteiger partial charge on any atom is 0.142 e. The number of unbranched alkanes of at least 4 members (excludes halogenated alkanes) is 2. The second kappa shape index (κ2) is 49.4. The molecule has 0 spiro atoms. The molecule has 0 rings (SSSR count). The highest BCUT2D eigenvalue weighted by Crippen LogP contribution is 2.25. The van der Waals surface area contributed by atoms with E-state index >= 15 is 0 Å². The van der Waals surface area contributed by atoms with Gasteiger partial charge in [0.15, 0.2) is 0 Å². The second-order valence-electron chi connectivity index (χ2n) is 14.0. The van der Waals surface area contributed by atoms with Crippen molar-refractivity contribution in [1.82, 2.24) is 4.90 Å². The number of hydrogen-bond donors (Lipinski definition) is 4. The molecular weight excluding hydrogens is 711 g/mol. The van der Waals surface area contributed by atoms with Crippen LogP contribution in [0.2, 0.25) is 0 Å². The Bertz CT molecular complexity index is 858. The van der Waals surface area contributed by atoms with Gasteiger partial charge in [0.2, 0.25) is 0 Å². The summed E-state index contributed by atoms with van der Waals surface area (Å²) in [6.45, 7) is 29.9. The van der Waals surface area contributed by atoms with E-state index in [4.69, 9.17) is 21.0 Å². The van der Waals surface area contributed by atoms with Crippen LogP contribution in [0.4, 0.5) is 0 Å². The molecule has 0 aromatic heterocycles. The predicted molar refractivity (Wildman–Crippen MR) is 239 cm³/mol. The van der Waals surface area contributed by atoms with Crippen molar-refractivity contribution in [2.75, 3.05) is 41.5 Å². The molecule has 0 aromatic rings. The van der Waals surface area contributed by atoms with Crippen LogP contribution < -0.4 is 0 Å². The number of rotatable bonds is 25. The molecular formula is C46H97NO9. The summed E-state index contributed by atoms with van der Waals surface area (Å²) in [4.78, 5) is 37.3. The van der Waals surface area contributed by atoms with Crippen LogP contribution in [-0.4, -0.2) is 115 Å². The second-order valence-corrected chi connectivity index (χ2v) is 14.0. The summed E-state index contributed by atoms with van der Waals surface area (Å²) >= 11 is 0. The monoisotopic (exact) mass is 808 g/mol. The zero-order valence-corrected chi connectivity index (χ0v) is 40.2. The van der Waals surface area contributed by atoms with Gasteiger partial charge >= 0.3 is 0 Å². The average Bonchev–Trinajstić information content (AvgIpc) is 3.20. The molecule has 340 valence electrons. The summed E-state index contributed by atoms with van der Waals surface area (Å²) in [7, 11) is 6.03. The first-order valence-corrected chi connectivity index (χ1v) is 21.6. The minimum Gasteiger partial charge on any atom is -0.400 e.